The highest BCUT2D eigenvalue weighted by Gasteiger charge is 2.21. The lowest BCUT2D eigenvalue weighted by molar-refractivity contribution is -0.130. The van der Waals surface area contributed by atoms with Crippen molar-refractivity contribution >= 4 is 29.1 Å². The van der Waals surface area contributed by atoms with Crippen LogP contribution in [0.25, 0.3) is 0 Å². The number of hydrogen-bond acceptors (Lipinski definition) is 3. The molecule has 1 saturated heterocycles. The number of carbonyl (C=O) groups is 2. The summed E-state index contributed by atoms with van der Waals surface area (Å²) in [7, 11) is 0. The fourth-order valence-corrected chi connectivity index (χ4v) is 3.14. The van der Waals surface area contributed by atoms with E-state index in [4.69, 9.17) is 11.6 Å². The van der Waals surface area contributed by atoms with E-state index >= 15 is 0 Å². The van der Waals surface area contributed by atoms with Crippen molar-refractivity contribution in [3.63, 3.8) is 0 Å². The average molecular weight is 372 g/mol. The van der Waals surface area contributed by atoms with E-state index in [1.54, 1.807) is 29.2 Å². The van der Waals surface area contributed by atoms with Crippen molar-refractivity contribution in [3.8, 4) is 0 Å². The lowest BCUT2D eigenvalue weighted by atomic mass is 10.2. The molecular weight excluding hydrogens is 350 g/mol. The molecule has 0 spiro atoms. The molecule has 0 atom stereocenters. The minimum atomic E-state index is -0.270. The maximum absolute atomic E-state index is 12.4. The number of benzene rings is 2. The van der Waals surface area contributed by atoms with Crippen molar-refractivity contribution in [1.29, 1.82) is 0 Å². The number of aryl methyl sites for hydroxylation is 1. The van der Waals surface area contributed by atoms with Crippen LogP contribution in [0, 0.1) is 6.92 Å². The lowest BCUT2D eigenvalue weighted by Gasteiger charge is -2.36. The Morgan fingerprint density at radius 1 is 1.04 bits per heavy atom. The number of nitrogens with one attached hydrogen (secondary N) is 1. The molecule has 1 fully saturated rings. The number of amides is 2. The summed E-state index contributed by atoms with van der Waals surface area (Å²) in [5.74, 6) is -0.329. The van der Waals surface area contributed by atoms with Crippen LogP contribution in [0.2, 0.25) is 5.02 Å². The topological polar surface area (TPSA) is 52.6 Å². The Morgan fingerprint density at radius 3 is 2.38 bits per heavy atom. The van der Waals surface area contributed by atoms with Gasteiger partial charge in [0.1, 0.15) is 0 Å². The highest BCUT2D eigenvalue weighted by atomic mass is 35.5. The van der Waals surface area contributed by atoms with Gasteiger partial charge >= 0.3 is 0 Å². The van der Waals surface area contributed by atoms with Gasteiger partial charge in [0.15, 0.2) is 0 Å². The molecule has 0 aromatic heterocycles. The Labute approximate surface area is 158 Å². The first kappa shape index (κ1) is 18.3. The third kappa shape index (κ3) is 4.55. The van der Waals surface area contributed by atoms with Crippen molar-refractivity contribution in [2.45, 2.75) is 6.92 Å². The Morgan fingerprint density at radius 2 is 1.73 bits per heavy atom. The molecule has 0 aliphatic carbocycles. The van der Waals surface area contributed by atoms with Crippen LogP contribution in [0.4, 0.5) is 5.69 Å². The number of carbonyl (C=O) groups excluding carboxylic acids is 2. The summed E-state index contributed by atoms with van der Waals surface area (Å²) in [5.41, 5.74) is 2.91. The summed E-state index contributed by atoms with van der Waals surface area (Å²) < 4.78 is 0. The van der Waals surface area contributed by atoms with Crippen LogP contribution in [0.3, 0.4) is 0 Å². The molecule has 0 unspecified atom stereocenters. The molecule has 5 nitrogen and oxygen atoms in total. The Bertz CT molecular complexity index is 784. The molecule has 2 aromatic carbocycles. The van der Waals surface area contributed by atoms with E-state index in [0.29, 0.717) is 23.7 Å². The quantitative estimate of drug-likeness (QED) is 0.899. The van der Waals surface area contributed by atoms with Crippen molar-refractivity contribution in [1.82, 2.24) is 10.2 Å². The summed E-state index contributed by atoms with van der Waals surface area (Å²) in [4.78, 5) is 28.5. The van der Waals surface area contributed by atoms with Crippen molar-refractivity contribution in [2.24, 2.45) is 0 Å². The second-order valence-corrected chi connectivity index (χ2v) is 6.83. The number of hydrogen-bond donors (Lipinski definition) is 1. The van der Waals surface area contributed by atoms with E-state index in [9.17, 15) is 9.59 Å². The number of halogens is 1. The van der Waals surface area contributed by atoms with E-state index in [-0.39, 0.29) is 18.4 Å². The zero-order chi connectivity index (χ0) is 18.5. The maximum Gasteiger partial charge on any atom is 0.251 e. The third-order valence-corrected chi connectivity index (χ3v) is 4.76. The van der Waals surface area contributed by atoms with Crippen LogP contribution in [0.1, 0.15) is 15.9 Å². The highest BCUT2D eigenvalue weighted by molar-refractivity contribution is 6.30. The van der Waals surface area contributed by atoms with Gasteiger partial charge < -0.3 is 15.1 Å². The number of nitrogens with zero attached hydrogens (tertiary/aromatic N) is 2. The standard InChI is InChI=1S/C20H22ClN3O2/c1-15-3-2-4-18(13-15)23-9-11-24(12-10-23)19(25)14-22-20(26)16-5-7-17(21)8-6-16/h2-8,13H,9-12,14H2,1H3,(H,22,26). The first-order chi connectivity index (χ1) is 12.5. The van der Waals surface area contributed by atoms with Gasteiger partial charge in [-0.05, 0) is 48.9 Å². The van der Waals surface area contributed by atoms with Gasteiger partial charge in [0.2, 0.25) is 5.91 Å². The van der Waals surface area contributed by atoms with E-state index in [1.807, 2.05) is 0 Å². The third-order valence-electron chi connectivity index (χ3n) is 4.51. The molecule has 1 aliphatic rings. The number of rotatable bonds is 4. The summed E-state index contributed by atoms with van der Waals surface area (Å²) in [6.45, 7) is 4.98. The van der Waals surface area contributed by atoms with E-state index in [1.165, 1.54) is 11.3 Å². The van der Waals surface area contributed by atoms with E-state index in [2.05, 4.69) is 41.4 Å². The molecule has 0 radical (unpaired) electrons. The molecule has 2 aromatic rings. The second-order valence-electron chi connectivity index (χ2n) is 6.40. The van der Waals surface area contributed by atoms with Gasteiger partial charge in [-0.15, -0.1) is 0 Å². The molecule has 0 bridgehead atoms. The normalized spacial score (nSPS) is 14.2. The first-order valence-corrected chi connectivity index (χ1v) is 9.04. The minimum Gasteiger partial charge on any atom is -0.368 e. The first-order valence-electron chi connectivity index (χ1n) is 8.66. The van der Waals surface area contributed by atoms with Gasteiger partial charge in [-0.2, -0.15) is 0 Å². The fraction of sp³-hybridized carbons (Fsp3) is 0.300. The molecule has 1 heterocycles. The molecule has 0 saturated carbocycles. The molecule has 26 heavy (non-hydrogen) atoms. The van der Waals surface area contributed by atoms with Crippen LogP contribution in [0.15, 0.2) is 48.5 Å². The number of piperazine rings is 1. The van der Waals surface area contributed by atoms with Crippen LogP contribution in [-0.4, -0.2) is 49.4 Å². The van der Waals surface area contributed by atoms with E-state index in [0.717, 1.165) is 13.1 Å². The van der Waals surface area contributed by atoms with Crippen LogP contribution >= 0.6 is 11.6 Å². The van der Waals surface area contributed by atoms with Crippen LogP contribution < -0.4 is 10.2 Å². The summed E-state index contributed by atoms with van der Waals surface area (Å²) in [6.07, 6.45) is 0. The van der Waals surface area contributed by atoms with E-state index < -0.39 is 0 Å². The maximum atomic E-state index is 12.4. The lowest BCUT2D eigenvalue weighted by Crippen LogP contribution is -2.51. The monoisotopic (exact) mass is 371 g/mol. The number of anilines is 1. The Balaban J connectivity index is 1.47. The summed E-state index contributed by atoms with van der Waals surface area (Å²) in [5, 5.41) is 3.25. The SMILES string of the molecule is Cc1cccc(N2CCN(C(=O)CNC(=O)c3ccc(Cl)cc3)CC2)c1. The molecule has 1 N–H and O–H groups in total. The highest BCUT2D eigenvalue weighted by Crippen LogP contribution is 2.17. The zero-order valence-corrected chi connectivity index (χ0v) is 15.5. The molecule has 136 valence electrons. The van der Waals surface area contributed by atoms with Crippen molar-refractivity contribution in [3.05, 3.63) is 64.7 Å². The van der Waals surface area contributed by atoms with Gasteiger partial charge in [-0.1, -0.05) is 23.7 Å². The van der Waals surface area contributed by atoms with Crippen LogP contribution in [-0.2, 0) is 4.79 Å². The van der Waals surface area contributed by atoms with Gasteiger partial charge in [0, 0.05) is 42.5 Å². The van der Waals surface area contributed by atoms with Crippen molar-refractivity contribution in [2.75, 3.05) is 37.6 Å². The molecule has 2 amide bonds. The predicted molar refractivity (Wildman–Crippen MR) is 104 cm³/mol. The molecule has 1 aliphatic heterocycles. The minimum absolute atomic E-state index is 0.00586. The Hall–Kier alpha value is -2.53. The Kier molecular flexibility index (Phi) is 5.78. The largest absolute Gasteiger partial charge is 0.368 e. The summed E-state index contributed by atoms with van der Waals surface area (Å²) >= 11 is 5.81. The molecular formula is C20H22ClN3O2. The zero-order valence-electron chi connectivity index (χ0n) is 14.7. The van der Waals surface area contributed by atoms with Gasteiger partial charge in [-0.25, -0.2) is 0 Å². The molecule has 6 heteroatoms. The summed E-state index contributed by atoms with van der Waals surface area (Å²) in [6, 6.07) is 15.0. The van der Waals surface area contributed by atoms with Gasteiger partial charge in [0.05, 0.1) is 6.54 Å². The smallest absolute Gasteiger partial charge is 0.251 e. The average Bonchev–Trinajstić information content (AvgIpc) is 2.66. The fourth-order valence-electron chi connectivity index (χ4n) is 3.01. The van der Waals surface area contributed by atoms with Crippen LogP contribution in [0.5, 0.6) is 0 Å². The van der Waals surface area contributed by atoms with Gasteiger partial charge in [0.25, 0.3) is 5.91 Å². The van der Waals surface area contributed by atoms with Gasteiger partial charge in [-0.3, -0.25) is 9.59 Å². The molecule has 3 rings (SSSR count). The predicted octanol–water partition coefficient (Wildman–Crippen LogP) is 2.73. The second kappa shape index (κ2) is 8.23. The van der Waals surface area contributed by atoms with Crippen molar-refractivity contribution < 1.29 is 9.59 Å².